The molecule has 5 heteroatoms. The van der Waals surface area contributed by atoms with Crippen molar-refractivity contribution >= 4 is 30.0 Å². The van der Waals surface area contributed by atoms with Crippen LogP contribution in [-0.4, -0.2) is 17.7 Å². The van der Waals surface area contributed by atoms with E-state index in [1.807, 2.05) is 0 Å². The molecule has 0 radical (unpaired) electrons. The molecule has 0 aromatic heterocycles. The summed E-state index contributed by atoms with van der Waals surface area (Å²) in [6.45, 7) is 5.32. The molecule has 148 valence electrons. The third-order valence-electron chi connectivity index (χ3n) is 4.18. The summed E-state index contributed by atoms with van der Waals surface area (Å²) >= 11 is 4.25. The Bertz CT molecular complexity index is 322. The van der Waals surface area contributed by atoms with Crippen LogP contribution in [0.3, 0.4) is 0 Å². The minimum absolute atomic E-state index is 0.102. The molecule has 0 saturated carbocycles. The normalized spacial score (nSPS) is 9.96. The molecule has 0 aliphatic heterocycles. The predicted octanol–water partition coefficient (Wildman–Crippen LogP) is 5.66. The van der Waals surface area contributed by atoms with Crippen molar-refractivity contribution in [3.63, 3.8) is 0 Å². The molecule has 0 aliphatic carbocycles. The first-order valence-corrected chi connectivity index (χ1v) is 10.5. The minimum atomic E-state index is -0.153. The van der Waals surface area contributed by atoms with Crippen LogP contribution in [0.25, 0.3) is 0 Å². The summed E-state index contributed by atoms with van der Waals surface area (Å²) in [5, 5.41) is 0.102. The van der Waals surface area contributed by atoms with E-state index in [1.54, 1.807) is 0 Å². The maximum atomic E-state index is 10.6. The maximum Gasteiger partial charge on any atom is 0.217 e. The number of primary amides is 1. The molecular formula is C20H41N3OS. The van der Waals surface area contributed by atoms with Crippen LogP contribution >= 0.6 is 12.2 Å². The number of aliphatic imine (C=N–C) groups is 1. The van der Waals surface area contributed by atoms with Crippen molar-refractivity contribution in [2.75, 3.05) is 0 Å². The summed E-state index contributed by atoms with van der Waals surface area (Å²) < 4.78 is 0. The van der Waals surface area contributed by atoms with E-state index in [2.05, 4.69) is 30.9 Å². The van der Waals surface area contributed by atoms with Crippen LogP contribution in [0.4, 0.5) is 0 Å². The number of thiocarbonyl (C=S) groups is 1. The van der Waals surface area contributed by atoms with Gasteiger partial charge in [-0.15, -0.1) is 0 Å². The van der Waals surface area contributed by atoms with Gasteiger partial charge >= 0.3 is 0 Å². The summed E-state index contributed by atoms with van der Waals surface area (Å²) in [5.41, 5.74) is 9.90. The molecule has 1 amide bonds. The predicted molar refractivity (Wildman–Crippen MR) is 115 cm³/mol. The van der Waals surface area contributed by atoms with E-state index in [4.69, 9.17) is 11.5 Å². The van der Waals surface area contributed by atoms with Gasteiger partial charge in [0.1, 0.15) is 0 Å². The molecule has 0 aromatic rings. The molecule has 0 fully saturated rings. The standard InChI is InChI=1S/C18H37NO.C2H4N2S/c1-2-3-4-5-6-7-8-9-10-11-12-13-14-15-16-17-18(19)20;1-4-2(3)5/h2-17H2,1H3,(H2,19,20);1H2,(H2,3,5). The number of nitrogens with two attached hydrogens (primary N) is 2. The zero-order valence-electron chi connectivity index (χ0n) is 16.4. The fourth-order valence-corrected chi connectivity index (χ4v) is 2.67. The second kappa shape index (κ2) is 23.0. The average Bonchev–Trinajstić information content (AvgIpc) is 2.58. The average molecular weight is 372 g/mol. The second-order valence-electron chi connectivity index (χ2n) is 6.66. The van der Waals surface area contributed by atoms with Gasteiger partial charge in [-0.2, -0.15) is 0 Å². The fourth-order valence-electron chi connectivity index (χ4n) is 2.67. The number of nitrogens with zero attached hydrogens (tertiary/aromatic N) is 1. The van der Waals surface area contributed by atoms with Crippen LogP contribution in [0.1, 0.15) is 110 Å². The molecule has 0 aliphatic rings. The second-order valence-corrected chi connectivity index (χ2v) is 7.08. The first-order chi connectivity index (χ1) is 12.0. The Hall–Kier alpha value is -0.970. The van der Waals surface area contributed by atoms with Gasteiger partial charge in [0.2, 0.25) is 5.91 Å². The van der Waals surface area contributed by atoms with Gasteiger partial charge in [-0.25, -0.2) is 4.99 Å². The number of unbranched alkanes of at least 4 members (excludes halogenated alkanes) is 14. The van der Waals surface area contributed by atoms with Gasteiger partial charge < -0.3 is 11.5 Å². The quantitative estimate of drug-likeness (QED) is 0.208. The van der Waals surface area contributed by atoms with Crippen molar-refractivity contribution in [2.45, 2.75) is 110 Å². The highest BCUT2D eigenvalue weighted by Crippen LogP contribution is 2.13. The molecule has 4 nitrogen and oxygen atoms in total. The Kier molecular flexibility index (Phi) is 24.2. The highest BCUT2D eigenvalue weighted by molar-refractivity contribution is 7.80. The molecule has 0 unspecified atom stereocenters. The van der Waals surface area contributed by atoms with E-state index >= 15 is 0 Å². The number of amides is 1. The van der Waals surface area contributed by atoms with E-state index < -0.39 is 0 Å². The lowest BCUT2D eigenvalue weighted by atomic mass is 10.0. The third kappa shape index (κ3) is 31.3. The molecule has 0 aromatic carbocycles. The van der Waals surface area contributed by atoms with Crippen molar-refractivity contribution < 1.29 is 4.79 Å². The molecule has 0 spiro atoms. The highest BCUT2D eigenvalue weighted by atomic mass is 32.1. The van der Waals surface area contributed by atoms with Gasteiger partial charge in [0.05, 0.1) is 0 Å². The fraction of sp³-hybridized carbons (Fsp3) is 0.850. The van der Waals surface area contributed by atoms with Crippen LogP contribution in [0, 0.1) is 0 Å². The Morgan fingerprint density at radius 2 is 1.04 bits per heavy atom. The third-order valence-corrected chi connectivity index (χ3v) is 4.31. The SMILES string of the molecule is C=NC(N)=S.CCCCCCCCCCCCCCCCCC(N)=O. The number of rotatable bonds is 16. The highest BCUT2D eigenvalue weighted by Gasteiger charge is 1.96. The first kappa shape index (κ1) is 26.3. The van der Waals surface area contributed by atoms with Crippen molar-refractivity contribution in [1.29, 1.82) is 0 Å². The lowest BCUT2D eigenvalue weighted by molar-refractivity contribution is -0.118. The van der Waals surface area contributed by atoms with Crippen LogP contribution in [0.5, 0.6) is 0 Å². The van der Waals surface area contributed by atoms with Crippen molar-refractivity contribution in [1.82, 2.24) is 0 Å². The van der Waals surface area contributed by atoms with E-state index in [9.17, 15) is 4.79 Å². The number of carbonyl (C=O) groups excluding carboxylic acids is 1. The van der Waals surface area contributed by atoms with Crippen molar-refractivity contribution in [3.05, 3.63) is 0 Å². The Balaban J connectivity index is 0. The zero-order valence-corrected chi connectivity index (χ0v) is 17.3. The van der Waals surface area contributed by atoms with Gasteiger partial charge in [-0.1, -0.05) is 96.8 Å². The van der Waals surface area contributed by atoms with Gasteiger partial charge in [-0.3, -0.25) is 4.79 Å². The van der Waals surface area contributed by atoms with E-state index in [-0.39, 0.29) is 11.0 Å². The van der Waals surface area contributed by atoms with Crippen molar-refractivity contribution in [2.24, 2.45) is 16.5 Å². The van der Waals surface area contributed by atoms with Gasteiger partial charge in [0.25, 0.3) is 0 Å². The number of hydrogen-bond acceptors (Lipinski definition) is 2. The lowest BCUT2D eigenvalue weighted by Gasteiger charge is -2.03. The summed E-state index contributed by atoms with van der Waals surface area (Å²) in [4.78, 5) is 13.7. The van der Waals surface area contributed by atoms with Gasteiger partial charge in [0, 0.05) is 6.42 Å². The molecule has 0 bridgehead atoms. The first-order valence-electron chi connectivity index (χ1n) is 10.1. The zero-order chi connectivity index (χ0) is 19.2. The number of hydrogen-bond donors (Lipinski definition) is 2. The van der Waals surface area contributed by atoms with E-state index in [0.29, 0.717) is 6.42 Å². The maximum absolute atomic E-state index is 10.6. The Labute approximate surface area is 161 Å². The van der Waals surface area contributed by atoms with Crippen LogP contribution in [0.15, 0.2) is 4.99 Å². The Morgan fingerprint density at radius 3 is 1.28 bits per heavy atom. The summed E-state index contributed by atoms with van der Waals surface area (Å²) in [6.07, 6.45) is 20.9. The minimum Gasteiger partial charge on any atom is -0.374 e. The molecule has 0 heterocycles. The van der Waals surface area contributed by atoms with Crippen LogP contribution in [-0.2, 0) is 4.79 Å². The summed E-state index contributed by atoms with van der Waals surface area (Å²) in [6, 6.07) is 0. The molecule has 4 N–H and O–H groups in total. The lowest BCUT2D eigenvalue weighted by Crippen LogP contribution is -2.09. The van der Waals surface area contributed by atoms with Crippen LogP contribution in [0.2, 0.25) is 0 Å². The molecule has 25 heavy (non-hydrogen) atoms. The van der Waals surface area contributed by atoms with E-state index in [0.717, 1.165) is 6.42 Å². The smallest absolute Gasteiger partial charge is 0.217 e. The van der Waals surface area contributed by atoms with Crippen molar-refractivity contribution in [3.8, 4) is 0 Å². The van der Waals surface area contributed by atoms with Crippen LogP contribution < -0.4 is 11.5 Å². The molecule has 0 atom stereocenters. The number of carbonyl (C=O) groups is 1. The topological polar surface area (TPSA) is 81.5 Å². The monoisotopic (exact) mass is 371 g/mol. The summed E-state index contributed by atoms with van der Waals surface area (Å²) in [5.74, 6) is -0.153. The van der Waals surface area contributed by atoms with Gasteiger partial charge in [-0.05, 0) is 25.4 Å². The molecule has 0 rings (SSSR count). The van der Waals surface area contributed by atoms with Gasteiger partial charge in [0.15, 0.2) is 5.11 Å². The molecular weight excluding hydrogens is 330 g/mol. The summed E-state index contributed by atoms with van der Waals surface area (Å²) in [7, 11) is 0. The molecule has 0 saturated heterocycles. The largest absolute Gasteiger partial charge is 0.374 e. The Morgan fingerprint density at radius 1 is 0.760 bits per heavy atom. The van der Waals surface area contributed by atoms with E-state index in [1.165, 1.54) is 89.9 Å².